The van der Waals surface area contributed by atoms with Crippen molar-refractivity contribution >= 4 is 20.9 Å². The van der Waals surface area contributed by atoms with Crippen molar-refractivity contribution in [1.29, 1.82) is 5.26 Å². The lowest BCUT2D eigenvalue weighted by Gasteiger charge is -2.28. The van der Waals surface area contributed by atoms with Crippen LogP contribution < -0.4 is 4.72 Å². The number of aromatic nitrogens is 2. The molecular weight excluding hydrogens is 546 g/mol. The highest BCUT2D eigenvalue weighted by Crippen LogP contribution is 2.42. The van der Waals surface area contributed by atoms with Crippen LogP contribution in [0.25, 0.3) is 22.0 Å². The molecule has 39 heavy (non-hydrogen) atoms. The van der Waals surface area contributed by atoms with Gasteiger partial charge in [0.15, 0.2) is 0 Å². The van der Waals surface area contributed by atoms with Crippen molar-refractivity contribution in [3.63, 3.8) is 0 Å². The van der Waals surface area contributed by atoms with Crippen molar-refractivity contribution in [2.24, 2.45) is 5.41 Å². The molecule has 1 aliphatic rings. The number of hydrogen-bond acceptors (Lipinski definition) is 4. The van der Waals surface area contributed by atoms with Gasteiger partial charge in [-0.25, -0.2) is 31.3 Å². The molecule has 0 amide bonds. The lowest BCUT2D eigenvalue weighted by atomic mass is 9.95. The van der Waals surface area contributed by atoms with E-state index in [-0.39, 0.29) is 23.0 Å². The van der Waals surface area contributed by atoms with E-state index in [1.165, 1.54) is 10.8 Å². The lowest BCUT2D eigenvalue weighted by Crippen LogP contribution is -2.42. The van der Waals surface area contributed by atoms with Crippen LogP contribution in [0.4, 0.5) is 26.3 Å². The van der Waals surface area contributed by atoms with Crippen molar-refractivity contribution < 1.29 is 34.8 Å². The fourth-order valence-corrected chi connectivity index (χ4v) is 6.41. The second-order valence-electron chi connectivity index (χ2n) is 10.8. The predicted octanol–water partition coefficient (Wildman–Crippen LogP) is 6.56. The van der Waals surface area contributed by atoms with Crippen LogP contribution in [0.5, 0.6) is 0 Å². The summed E-state index contributed by atoms with van der Waals surface area (Å²) in [6.07, 6.45) is -4.74. The Kier molecular flexibility index (Phi) is 7.50. The minimum atomic E-state index is -4.94. The van der Waals surface area contributed by atoms with Crippen molar-refractivity contribution in [2.75, 3.05) is 0 Å². The fourth-order valence-electron chi connectivity index (χ4n) is 4.68. The zero-order valence-electron chi connectivity index (χ0n) is 21.3. The van der Waals surface area contributed by atoms with E-state index in [1.807, 2.05) is 20.8 Å². The number of hydrogen-bond donors (Lipinski definition) is 1. The van der Waals surface area contributed by atoms with Gasteiger partial charge in [0, 0.05) is 46.5 Å². The quantitative estimate of drug-likeness (QED) is 0.325. The molecule has 0 radical (unpaired) electrons. The molecule has 2 heterocycles. The Hall–Kier alpha value is -3.11. The second-order valence-corrected chi connectivity index (χ2v) is 12.8. The van der Waals surface area contributed by atoms with Gasteiger partial charge >= 0.3 is 6.18 Å². The van der Waals surface area contributed by atoms with Crippen molar-refractivity contribution in [3.8, 4) is 17.2 Å². The van der Waals surface area contributed by atoms with Gasteiger partial charge in [0.05, 0.1) is 10.8 Å². The van der Waals surface area contributed by atoms with Gasteiger partial charge in [0.2, 0.25) is 10.0 Å². The number of halogens is 6. The van der Waals surface area contributed by atoms with Crippen LogP contribution in [0.2, 0.25) is 0 Å². The second kappa shape index (κ2) is 10.1. The smallest absolute Gasteiger partial charge is 0.347 e. The molecule has 2 aromatic heterocycles. The van der Waals surface area contributed by atoms with Crippen molar-refractivity contribution in [2.45, 2.75) is 70.5 Å². The Balaban J connectivity index is 1.98. The van der Waals surface area contributed by atoms with Gasteiger partial charge in [-0.3, -0.25) is 0 Å². The van der Waals surface area contributed by atoms with E-state index in [0.717, 1.165) is 18.3 Å². The summed E-state index contributed by atoms with van der Waals surface area (Å²) in [6.45, 7) is 5.70. The van der Waals surface area contributed by atoms with Gasteiger partial charge in [-0.2, -0.15) is 18.4 Å². The molecule has 0 bridgehead atoms. The summed E-state index contributed by atoms with van der Waals surface area (Å²) in [4.78, 5) is 3.67. The van der Waals surface area contributed by atoms with Crippen LogP contribution in [-0.4, -0.2) is 29.6 Å². The molecular formula is C26H26F6N4O2S. The van der Waals surface area contributed by atoms with Gasteiger partial charge in [-0.1, -0.05) is 27.2 Å². The first-order valence-corrected chi connectivity index (χ1v) is 13.7. The van der Waals surface area contributed by atoms with Crippen LogP contribution in [-0.2, 0) is 22.7 Å². The first kappa shape index (κ1) is 28.9. The average molecular weight is 573 g/mol. The number of nitriles is 1. The van der Waals surface area contributed by atoms with Crippen LogP contribution in [0.1, 0.15) is 62.9 Å². The Morgan fingerprint density at radius 2 is 1.87 bits per heavy atom. The monoisotopic (exact) mass is 572 g/mol. The first-order chi connectivity index (χ1) is 18.0. The molecule has 0 saturated heterocycles. The summed E-state index contributed by atoms with van der Waals surface area (Å²) in [6, 6.07) is 2.05. The maximum atomic E-state index is 15.6. The van der Waals surface area contributed by atoms with Crippen LogP contribution in [0, 0.1) is 22.6 Å². The van der Waals surface area contributed by atoms with Crippen LogP contribution >= 0.6 is 0 Å². The number of rotatable bonds is 7. The number of sulfonamides is 1. The van der Waals surface area contributed by atoms with E-state index >= 15 is 4.39 Å². The molecule has 1 N–H and O–H groups in total. The highest BCUT2D eigenvalue weighted by atomic mass is 32.2. The predicted molar refractivity (Wildman–Crippen MR) is 133 cm³/mol. The van der Waals surface area contributed by atoms with Crippen molar-refractivity contribution in [1.82, 2.24) is 14.3 Å². The fraction of sp³-hybridized carbons (Fsp3) is 0.462. The highest BCUT2D eigenvalue weighted by Gasteiger charge is 2.39. The largest absolute Gasteiger partial charge is 0.417 e. The Bertz CT molecular complexity index is 1550. The van der Waals surface area contributed by atoms with Gasteiger partial charge in [-0.15, -0.1) is 0 Å². The Morgan fingerprint density at radius 3 is 2.38 bits per heavy atom. The zero-order chi connectivity index (χ0) is 28.9. The molecule has 6 nitrogen and oxygen atoms in total. The topological polar surface area (TPSA) is 87.8 Å². The van der Waals surface area contributed by atoms with E-state index in [9.17, 15) is 35.6 Å². The number of benzene rings is 1. The molecule has 13 heteroatoms. The van der Waals surface area contributed by atoms with E-state index in [2.05, 4.69) is 9.71 Å². The van der Waals surface area contributed by atoms with Crippen LogP contribution in [0.3, 0.4) is 0 Å². The van der Waals surface area contributed by atoms with E-state index in [1.54, 1.807) is 6.07 Å². The molecule has 0 unspecified atom stereocenters. The highest BCUT2D eigenvalue weighted by molar-refractivity contribution is 7.90. The van der Waals surface area contributed by atoms with Crippen molar-refractivity contribution in [3.05, 3.63) is 53.2 Å². The summed E-state index contributed by atoms with van der Waals surface area (Å²) in [5.41, 5.74) is -3.84. The SMILES string of the molecule is CC(C)(C)Cn1cc([C@H](NS(=O)(=O)C2CCC2)C(F)F)c2cc(F)c(-c3c(C(F)(F)F)ccnc3C#N)cc21. The van der Waals surface area contributed by atoms with E-state index in [4.69, 9.17) is 0 Å². The zero-order valence-corrected chi connectivity index (χ0v) is 22.1. The summed E-state index contributed by atoms with van der Waals surface area (Å²) in [7, 11) is -4.11. The molecule has 210 valence electrons. The molecule has 1 aliphatic carbocycles. The Morgan fingerprint density at radius 1 is 1.21 bits per heavy atom. The van der Waals surface area contributed by atoms with E-state index in [0.29, 0.717) is 25.3 Å². The average Bonchev–Trinajstić information content (AvgIpc) is 3.09. The molecule has 1 atom stereocenters. The van der Waals surface area contributed by atoms with Gasteiger partial charge < -0.3 is 4.57 Å². The third-order valence-corrected chi connectivity index (χ3v) is 8.58. The van der Waals surface area contributed by atoms with E-state index < -0.39 is 67.5 Å². The van der Waals surface area contributed by atoms with Crippen LogP contribution in [0.15, 0.2) is 30.6 Å². The molecule has 0 aliphatic heterocycles. The lowest BCUT2D eigenvalue weighted by molar-refractivity contribution is -0.137. The molecule has 1 saturated carbocycles. The summed E-state index contributed by atoms with van der Waals surface area (Å²) < 4.78 is 115. The number of fused-ring (bicyclic) bond motifs is 1. The standard InChI is InChI=1S/C26H26F6N4O2S/c1-25(2,3)13-36-12-17(23(24(28)29)35-39(37,38)14-5-4-6-14)15-9-19(27)16(10-21(15)36)22-18(26(30,31)32)7-8-34-20(22)11-33/h7-10,12,14,23-24,35H,4-6,13H2,1-3H3/t23-/m0/s1. The maximum absolute atomic E-state index is 15.6. The summed E-state index contributed by atoms with van der Waals surface area (Å²) in [5, 5.41) is 8.55. The minimum Gasteiger partial charge on any atom is -0.347 e. The third-order valence-electron chi connectivity index (χ3n) is 6.65. The number of pyridine rings is 1. The number of nitrogens with zero attached hydrogens (tertiary/aromatic N) is 3. The molecule has 1 fully saturated rings. The Labute approximate surface area is 221 Å². The third kappa shape index (κ3) is 5.77. The molecule has 3 aromatic rings. The van der Waals surface area contributed by atoms with Gasteiger partial charge in [0.1, 0.15) is 23.6 Å². The minimum absolute atomic E-state index is 0.0851. The molecule has 1 aromatic carbocycles. The van der Waals surface area contributed by atoms with Gasteiger partial charge in [-0.05, 0) is 36.5 Å². The maximum Gasteiger partial charge on any atom is 0.417 e. The first-order valence-electron chi connectivity index (χ1n) is 12.1. The normalized spacial score (nSPS) is 15.9. The molecule has 0 spiro atoms. The summed E-state index contributed by atoms with van der Waals surface area (Å²) >= 11 is 0. The number of nitrogens with one attached hydrogen (secondary N) is 1. The molecule has 4 rings (SSSR count). The van der Waals surface area contributed by atoms with Gasteiger partial charge in [0.25, 0.3) is 6.43 Å². The summed E-state index contributed by atoms with van der Waals surface area (Å²) in [5.74, 6) is -1.21. The number of alkyl halides is 5.